The molecule has 0 saturated carbocycles. The van der Waals surface area contributed by atoms with Gasteiger partial charge in [-0.15, -0.1) is 0 Å². The summed E-state index contributed by atoms with van der Waals surface area (Å²) in [4.78, 5) is 0. The van der Waals surface area contributed by atoms with E-state index in [9.17, 15) is 5.21 Å². The summed E-state index contributed by atoms with van der Waals surface area (Å²) in [7, 11) is 0. The maximum Gasteiger partial charge on any atom is 0.109 e. The molecule has 1 N–H and O–H groups in total. The van der Waals surface area contributed by atoms with Gasteiger partial charge in [0.15, 0.2) is 0 Å². The van der Waals surface area contributed by atoms with E-state index in [1.54, 1.807) is 6.07 Å². The zero-order chi connectivity index (χ0) is 9.59. The summed E-state index contributed by atoms with van der Waals surface area (Å²) in [5.41, 5.74) is 1.60. The van der Waals surface area contributed by atoms with Crippen molar-refractivity contribution in [2.24, 2.45) is 0 Å². The molecule has 3 nitrogen and oxygen atoms in total. The summed E-state index contributed by atoms with van der Waals surface area (Å²) in [5.74, 6) is 0. The second-order valence-corrected chi connectivity index (χ2v) is 3.43. The van der Waals surface area contributed by atoms with Crippen molar-refractivity contribution in [3.8, 4) is 6.07 Å². The van der Waals surface area contributed by atoms with Gasteiger partial charge in [-0.2, -0.15) is 5.26 Å². The highest BCUT2D eigenvalue weighted by molar-refractivity contribution is 6.44. The van der Waals surface area contributed by atoms with Gasteiger partial charge in [0, 0.05) is 0 Å². The highest BCUT2D eigenvalue weighted by Crippen LogP contribution is 2.52. The first-order valence-corrected chi connectivity index (χ1v) is 4.29. The van der Waals surface area contributed by atoms with Crippen LogP contribution in [0.4, 0.5) is 11.4 Å². The Hall–Kier alpha value is -0.950. The van der Waals surface area contributed by atoms with Gasteiger partial charge in [0.2, 0.25) is 0 Å². The van der Waals surface area contributed by atoms with E-state index >= 15 is 0 Å². The van der Waals surface area contributed by atoms with Crippen molar-refractivity contribution >= 4 is 34.6 Å². The molecule has 2 heterocycles. The van der Waals surface area contributed by atoms with Crippen molar-refractivity contribution in [3.63, 3.8) is 0 Å². The van der Waals surface area contributed by atoms with E-state index in [1.165, 1.54) is 0 Å². The third-order valence-electron chi connectivity index (χ3n) is 1.94. The average Bonchev–Trinajstić information content (AvgIpc) is 2.10. The number of anilines is 2. The van der Waals surface area contributed by atoms with Gasteiger partial charge in [-0.3, -0.25) is 5.21 Å². The van der Waals surface area contributed by atoms with Gasteiger partial charge in [0.05, 0.1) is 28.2 Å². The Balaban J connectivity index is 2.55. The van der Waals surface area contributed by atoms with Crippen LogP contribution in [0.15, 0.2) is 6.07 Å². The van der Waals surface area contributed by atoms with Crippen LogP contribution in [0, 0.1) is 11.3 Å². The summed E-state index contributed by atoms with van der Waals surface area (Å²) in [6, 6.07) is 3.60. The lowest BCUT2D eigenvalue weighted by Crippen LogP contribution is -2.22. The van der Waals surface area contributed by atoms with Gasteiger partial charge >= 0.3 is 0 Å². The molecule has 0 amide bonds. The van der Waals surface area contributed by atoms with Crippen LogP contribution in [0.5, 0.6) is 0 Å². The molecule has 1 aromatic carbocycles. The predicted molar refractivity (Wildman–Crippen MR) is 49.7 cm³/mol. The first-order chi connectivity index (χ1) is 6.16. The average molecular weight is 215 g/mol. The first-order valence-electron chi connectivity index (χ1n) is 3.53. The largest absolute Gasteiger partial charge is 0.283 e. The normalized spacial score (nSPS) is 12.3. The molecule has 2 aliphatic heterocycles. The monoisotopic (exact) mass is 214 g/mol. The fourth-order valence-electron chi connectivity index (χ4n) is 1.28. The van der Waals surface area contributed by atoms with Crippen LogP contribution < -0.4 is 5.06 Å². The minimum Gasteiger partial charge on any atom is -0.283 e. The van der Waals surface area contributed by atoms with Gasteiger partial charge in [-0.25, -0.2) is 5.06 Å². The topological polar surface area (TPSA) is 47.3 Å². The van der Waals surface area contributed by atoms with E-state index in [2.05, 4.69) is 0 Å². The maximum atomic E-state index is 9.28. The van der Waals surface area contributed by atoms with E-state index in [-0.39, 0.29) is 6.42 Å². The number of hydrogen-bond acceptors (Lipinski definition) is 3. The molecule has 2 aliphatic rings. The highest BCUT2D eigenvalue weighted by Gasteiger charge is 2.31. The molecule has 1 aromatic rings. The highest BCUT2D eigenvalue weighted by atomic mass is 35.5. The summed E-state index contributed by atoms with van der Waals surface area (Å²) >= 11 is 11.7. The number of nitriles is 1. The Morgan fingerprint density at radius 2 is 2.15 bits per heavy atom. The second kappa shape index (κ2) is 2.78. The number of hydrogen-bond donors (Lipinski definition) is 1. The molecule has 0 unspecified atom stereocenters. The molecule has 5 heteroatoms. The molecule has 0 atom stereocenters. The van der Waals surface area contributed by atoms with Crippen molar-refractivity contribution in [1.82, 2.24) is 0 Å². The standard InChI is InChI=1S/C8H4Cl2N2O/c9-6-4(1-2-11)3-5-7(10)8(6)12(5)13/h3,13H,1H2. The van der Waals surface area contributed by atoms with Gasteiger partial charge in [0.25, 0.3) is 0 Å². The quantitative estimate of drug-likeness (QED) is 0.783. The molecule has 66 valence electrons. The van der Waals surface area contributed by atoms with Gasteiger partial charge in [-0.1, -0.05) is 23.2 Å². The van der Waals surface area contributed by atoms with E-state index in [0.717, 1.165) is 5.06 Å². The van der Waals surface area contributed by atoms with Crippen LogP contribution in [-0.2, 0) is 6.42 Å². The Morgan fingerprint density at radius 1 is 1.46 bits per heavy atom. The molecule has 2 bridgehead atoms. The number of benzene rings is 1. The molecular formula is C8H4Cl2N2O. The van der Waals surface area contributed by atoms with E-state index in [0.29, 0.717) is 27.0 Å². The lowest BCUT2D eigenvalue weighted by Gasteiger charge is -2.32. The number of halogens is 2. The summed E-state index contributed by atoms with van der Waals surface area (Å²) in [5, 5.41) is 19.5. The minimum atomic E-state index is 0.226. The lowest BCUT2D eigenvalue weighted by atomic mass is 10.0. The molecule has 13 heavy (non-hydrogen) atoms. The molecule has 0 saturated heterocycles. The lowest BCUT2D eigenvalue weighted by molar-refractivity contribution is 0.292. The van der Waals surface area contributed by atoms with Crippen LogP contribution in [0.1, 0.15) is 5.56 Å². The van der Waals surface area contributed by atoms with Crippen LogP contribution >= 0.6 is 23.2 Å². The SMILES string of the molecule is N#CCc1cc2c(Cl)c(c1Cl)N2O. The summed E-state index contributed by atoms with van der Waals surface area (Å²) in [6.07, 6.45) is 0.226. The minimum absolute atomic E-state index is 0.226. The van der Waals surface area contributed by atoms with Gasteiger partial charge < -0.3 is 0 Å². The van der Waals surface area contributed by atoms with E-state index in [4.69, 9.17) is 28.5 Å². The Morgan fingerprint density at radius 3 is 2.62 bits per heavy atom. The van der Waals surface area contributed by atoms with Crippen molar-refractivity contribution in [3.05, 3.63) is 21.7 Å². The fraction of sp³-hybridized carbons (Fsp3) is 0.125. The van der Waals surface area contributed by atoms with E-state index in [1.807, 2.05) is 6.07 Å². The summed E-state index contributed by atoms with van der Waals surface area (Å²) < 4.78 is 0. The number of nitrogens with zero attached hydrogens (tertiary/aromatic N) is 2. The summed E-state index contributed by atoms with van der Waals surface area (Å²) in [6.45, 7) is 0. The van der Waals surface area contributed by atoms with Crippen LogP contribution in [-0.4, -0.2) is 5.21 Å². The number of fused-ring (bicyclic) bond motifs is 2. The Kier molecular flexibility index (Phi) is 1.85. The second-order valence-electron chi connectivity index (χ2n) is 2.68. The van der Waals surface area contributed by atoms with E-state index < -0.39 is 0 Å². The molecule has 0 spiro atoms. The smallest absolute Gasteiger partial charge is 0.109 e. The van der Waals surface area contributed by atoms with Crippen molar-refractivity contribution < 1.29 is 5.21 Å². The third-order valence-corrected chi connectivity index (χ3v) is 2.74. The molecule has 0 aliphatic carbocycles. The zero-order valence-corrected chi connectivity index (χ0v) is 7.89. The molecule has 0 fully saturated rings. The van der Waals surface area contributed by atoms with Crippen LogP contribution in [0.2, 0.25) is 10.0 Å². The zero-order valence-electron chi connectivity index (χ0n) is 6.38. The van der Waals surface area contributed by atoms with Crippen LogP contribution in [0.25, 0.3) is 0 Å². The van der Waals surface area contributed by atoms with Crippen LogP contribution in [0.3, 0.4) is 0 Å². The Labute approximate surface area is 84.7 Å². The fourth-order valence-corrected chi connectivity index (χ4v) is 1.94. The number of rotatable bonds is 1. The molecule has 0 aromatic heterocycles. The van der Waals surface area contributed by atoms with Crippen molar-refractivity contribution in [2.75, 3.05) is 5.06 Å². The van der Waals surface area contributed by atoms with Gasteiger partial charge in [-0.05, 0) is 11.6 Å². The predicted octanol–water partition coefficient (Wildman–Crippen LogP) is 2.90. The van der Waals surface area contributed by atoms with Crippen molar-refractivity contribution in [2.45, 2.75) is 6.42 Å². The Bertz CT molecular complexity index is 425. The molecule has 3 rings (SSSR count). The van der Waals surface area contributed by atoms with Gasteiger partial charge in [0.1, 0.15) is 5.69 Å². The third kappa shape index (κ3) is 1.00. The molecular weight excluding hydrogens is 211 g/mol. The van der Waals surface area contributed by atoms with Crippen molar-refractivity contribution in [1.29, 1.82) is 5.26 Å². The molecule has 0 radical (unpaired) electrons. The first kappa shape index (κ1) is 8.64. The maximum absolute atomic E-state index is 9.28.